The Morgan fingerprint density at radius 1 is 0.460 bits per heavy atom. The topological polar surface area (TPSA) is 3.24 Å². The highest BCUT2D eigenvalue weighted by atomic mass is 15.1. The van der Waals surface area contributed by atoms with Gasteiger partial charge in [-0.15, -0.1) is 0 Å². The first-order chi connectivity index (χ1) is 24.4. The molecule has 1 nitrogen and oxygen atoms in total. The smallest absolute Gasteiger partial charge is 0.0464 e. The highest BCUT2D eigenvalue weighted by Gasteiger charge is 2.58. The van der Waals surface area contributed by atoms with Crippen LogP contribution in [0.3, 0.4) is 0 Å². The molecule has 0 amide bonds. The normalized spacial score (nSPS) is 23.1. The zero-order valence-corrected chi connectivity index (χ0v) is 29.6. The molecule has 0 aliphatic heterocycles. The molecule has 3 aliphatic carbocycles. The Balaban J connectivity index is 1.21. The van der Waals surface area contributed by atoms with E-state index in [9.17, 15) is 0 Å². The fourth-order valence-corrected chi connectivity index (χ4v) is 10.5. The number of benzene rings is 6. The third-order valence-electron chi connectivity index (χ3n) is 12.7. The number of nitrogens with zero attached hydrogens (tertiary/aromatic N) is 1. The van der Waals surface area contributed by atoms with Crippen molar-refractivity contribution in [3.05, 3.63) is 174 Å². The minimum atomic E-state index is -0.107. The largest absolute Gasteiger partial charge is 0.310 e. The first-order valence-corrected chi connectivity index (χ1v) is 18.8. The van der Waals surface area contributed by atoms with Crippen LogP contribution in [0.4, 0.5) is 17.1 Å². The van der Waals surface area contributed by atoms with Gasteiger partial charge in [-0.25, -0.2) is 0 Å². The Morgan fingerprint density at radius 3 is 1.44 bits per heavy atom. The van der Waals surface area contributed by atoms with Crippen molar-refractivity contribution in [2.75, 3.05) is 4.90 Å². The van der Waals surface area contributed by atoms with Gasteiger partial charge in [-0.2, -0.15) is 0 Å². The maximum atomic E-state index is 2.57. The molecule has 0 radical (unpaired) electrons. The quantitative estimate of drug-likeness (QED) is 0.180. The summed E-state index contributed by atoms with van der Waals surface area (Å²) in [6, 6.07) is 56.8. The van der Waals surface area contributed by atoms with Crippen LogP contribution < -0.4 is 4.90 Å². The molecular formula is C49H47N. The van der Waals surface area contributed by atoms with E-state index in [0.717, 1.165) is 5.92 Å². The van der Waals surface area contributed by atoms with E-state index < -0.39 is 0 Å². The maximum Gasteiger partial charge on any atom is 0.0464 e. The van der Waals surface area contributed by atoms with Crippen LogP contribution in [-0.4, -0.2) is 0 Å². The van der Waals surface area contributed by atoms with Crippen LogP contribution in [0.25, 0.3) is 22.3 Å². The van der Waals surface area contributed by atoms with Gasteiger partial charge in [0.05, 0.1) is 0 Å². The molecule has 2 fully saturated rings. The Labute approximate surface area is 298 Å². The van der Waals surface area contributed by atoms with Crippen molar-refractivity contribution < 1.29 is 0 Å². The third kappa shape index (κ3) is 4.89. The summed E-state index contributed by atoms with van der Waals surface area (Å²) in [5.41, 5.74) is 14.8. The lowest BCUT2D eigenvalue weighted by Gasteiger charge is -2.60. The summed E-state index contributed by atoms with van der Waals surface area (Å²) in [4.78, 5) is 2.47. The summed E-state index contributed by atoms with van der Waals surface area (Å²) in [6.45, 7) is 7.44. The summed E-state index contributed by atoms with van der Waals surface area (Å²) in [5, 5.41) is 0. The van der Waals surface area contributed by atoms with Gasteiger partial charge in [0.15, 0.2) is 0 Å². The Kier molecular flexibility index (Phi) is 7.57. The highest BCUT2D eigenvalue weighted by molar-refractivity contribution is 5.81. The van der Waals surface area contributed by atoms with Crippen LogP contribution >= 0.6 is 0 Å². The van der Waals surface area contributed by atoms with E-state index in [2.05, 4.69) is 177 Å². The molecule has 2 unspecified atom stereocenters. The minimum Gasteiger partial charge on any atom is -0.310 e. The average Bonchev–Trinajstić information content (AvgIpc) is 3.16. The van der Waals surface area contributed by atoms with E-state index in [0.29, 0.717) is 11.8 Å². The summed E-state index contributed by atoms with van der Waals surface area (Å²) >= 11 is 0. The highest BCUT2D eigenvalue weighted by Crippen LogP contribution is 2.64. The predicted molar refractivity (Wildman–Crippen MR) is 211 cm³/mol. The van der Waals surface area contributed by atoms with Gasteiger partial charge in [0.1, 0.15) is 0 Å². The van der Waals surface area contributed by atoms with Gasteiger partial charge in [-0.05, 0) is 124 Å². The molecule has 6 aromatic carbocycles. The lowest BCUT2D eigenvalue weighted by molar-refractivity contribution is 0.0488. The summed E-state index contributed by atoms with van der Waals surface area (Å²) in [7, 11) is 0. The van der Waals surface area contributed by atoms with Gasteiger partial charge in [-0.3, -0.25) is 0 Å². The molecule has 0 heterocycles. The molecule has 0 N–H and O–H groups in total. The summed E-state index contributed by atoms with van der Waals surface area (Å²) in [6.07, 6.45) is 6.71. The standard InChI is InChI=1S/C49H47N/c1-34-31-39-17-12-18-40(32-34)49(39)45-20-11-10-19-44(45)48(2,3)47-33-43(29-30-46(47)49)50(41-25-21-37(22-26-41)35-13-6-4-7-14-35)42-27-23-38(24-28-42)36-15-8-5-9-16-36/h4-11,13-16,19-30,33-34,39-40H,12,17-18,31-32H2,1-3H3/t34?,39-,40+,49?. The lowest BCUT2D eigenvalue weighted by Crippen LogP contribution is -2.54. The molecule has 6 aromatic rings. The van der Waals surface area contributed by atoms with Crippen molar-refractivity contribution in [1.82, 2.24) is 0 Å². The van der Waals surface area contributed by atoms with E-state index in [1.54, 1.807) is 11.1 Å². The second-order valence-electron chi connectivity index (χ2n) is 15.8. The van der Waals surface area contributed by atoms with Crippen LogP contribution in [0.1, 0.15) is 75.1 Å². The molecule has 3 aliphatic rings. The van der Waals surface area contributed by atoms with E-state index in [4.69, 9.17) is 0 Å². The zero-order chi connectivity index (χ0) is 33.9. The maximum absolute atomic E-state index is 2.57. The number of fused-ring (bicyclic) bond motifs is 2. The molecule has 0 saturated heterocycles. The van der Waals surface area contributed by atoms with Crippen molar-refractivity contribution in [2.45, 2.75) is 63.7 Å². The van der Waals surface area contributed by atoms with Crippen molar-refractivity contribution in [1.29, 1.82) is 0 Å². The van der Waals surface area contributed by atoms with E-state index in [-0.39, 0.29) is 10.8 Å². The lowest BCUT2D eigenvalue weighted by atomic mass is 9.43. The second kappa shape index (κ2) is 12.2. The molecule has 4 atom stereocenters. The number of anilines is 3. The summed E-state index contributed by atoms with van der Waals surface area (Å²) in [5.74, 6) is 2.19. The zero-order valence-electron chi connectivity index (χ0n) is 29.6. The fourth-order valence-electron chi connectivity index (χ4n) is 10.5. The van der Waals surface area contributed by atoms with Crippen molar-refractivity contribution in [3.63, 3.8) is 0 Å². The van der Waals surface area contributed by atoms with Crippen LogP contribution in [-0.2, 0) is 10.8 Å². The van der Waals surface area contributed by atoms with E-state index >= 15 is 0 Å². The van der Waals surface area contributed by atoms with Crippen molar-refractivity contribution in [2.24, 2.45) is 17.8 Å². The molecular weight excluding hydrogens is 603 g/mol. The first kappa shape index (κ1) is 31.1. The van der Waals surface area contributed by atoms with Crippen LogP contribution in [0.5, 0.6) is 0 Å². The molecule has 1 spiro atoms. The Bertz CT molecular complexity index is 2030. The fraction of sp³-hybridized carbons (Fsp3) is 0.265. The SMILES string of the molecule is CC1C[C@H]2CCC[C@@H](C1)C21c2ccccc2C(C)(C)c2cc(N(c3ccc(-c4ccccc4)cc3)c3ccc(-c4ccccc4)cc3)ccc21. The molecule has 248 valence electrons. The number of hydrogen-bond acceptors (Lipinski definition) is 1. The third-order valence-corrected chi connectivity index (χ3v) is 12.7. The van der Waals surface area contributed by atoms with Crippen LogP contribution in [0.15, 0.2) is 152 Å². The second-order valence-corrected chi connectivity index (χ2v) is 15.8. The predicted octanol–water partition coefficient (Wildman–Crippen LogP) is 13.3. The van der Waals surface area contributed by atoms with Gasteiger partial charge < -0.3 is 4.90 Å². The molecule has 0 aromatic heterocycles. The van der Waals surface area contributed by atoms with Crippen LogP contribution in [0, 0.1) is 17.8 Å². The van der Waals surface area contributed by atoms with E-state index in [1.165, 1.54) is 82.5 Å². The molecule has 9 rings (SSSR count). The summed E-state index contributed by atoms with van der Waals surface area (Å²) < 4.78 is 0. The first-order valence-electron chi connectivity index (χ1n) is 18.8. The van der Waals surface area contributed by atoms with E-state index in [1.807, 2.05) is 0 Å². The average molecular weight is 650 g/mol. The Hall–Kier alpha value is -4.88. The van der Waals surface area contributed by atoms with Gasteiger partial charge in [0.25, 0.3) is 0 Å². The number of hydrogen-bond donors (Lipinski definition) is 0. The molecule has 2 saturated carbocycles. The minimum absolute atomic E-state index is 0.101. The number of rotatable bonds is 5. The van der Waals surface area contributed by atoms with Gasteiger partial charge >= 0.3 is 0 Å². The van der Waals surface area contributed by atoms with Crippen molar-refractivity contribution >= 4 is 17.1 Å². The van der Waals surface area contributed by atoms with Crippen LogP contribution in [0.2, 0.25) is 0 Å². The monoisotopic (exact) mass is 649 g/mol. The van der Waals surface area contributed by atoms with Crippen molar-refractivity contribution in [3.8, 4) is 22.3 Å². The van der Waals surface area contributed by atoms with Gasteiger partial charge in [0, 0.05) is 27.9 Å². The molecule has 50 heavy (non-hydrogen) atoms. The molecule has 2 bridgehead atoms. The molecule has 1 heteroatoms. The van der Waals surface area contributed by atoms with Gasteiger partial charge in [-0.1, -0.05) is 142 Å². The Morgan fingerprint density at radius 2 is 0.900 bits per heavy atom. The van der Waals surface area contributed by atoms with Gasteiger partial charge in [0.2, 0.25) is 0 Å².